The van der Waals surface area contributed by atoms with E-state index in [0.29, 0.717) is 12.1 Å². The predicted octanol–water partition coefficient (Wildman–Crippen LogP) is 5.04. The Labute approximate surface area is 290 Å². The molecule has 0 saturated heterocycles. The maximum Gasteiger partial charge on any atom is 0.408 e. The first-order valence-corrected chi connectivity index (χ1v) is 16.5. The summed E-state index contributed by atoms with van der Waals surface area (Å²) in [5, 5.41) is 19.0. The molecule has 2 amide bonds. The van der Waals surface area contributed by atoms with E-state index in [-0.39, 0.29) is 30.6 Å². The summed E-state index contributed by atoms with van der Waals surface area (Å²) >= 11 is 0. The molecule has 0 aliphatic carbocycles. The first-order chi connectivity index (χ1) is 22.3. The van der Waals surface area contributed by atoms with Crippen LogP contribution >= 0.6 is 0 Å². The van der Waals surface area contributed by atoms with Crippen LogP contribution in [0.15, 0.2) is 42.7 Å². The van der Waals surface area contributed by atoms with Gasteiger partial charge in [-0.15, -0.1) is 0 Å². The van der Waals surface area contributed by atoms with Crippen LogP contribution in [-0.4, -0.2) is 58.6 Å². The highest BCUT2D eigenvalue weighted by Crippen LogP contribution is 2.23. The van der Waals surface area contributed by atoms with Crippen LogP contribution in [0.1, 0.15) is 106 Å². The van der Waals surface area contributed by atoms with Crippen LogP contribution in [0.5, 0.6) is 5.75 Å². The molecule has 0 aliphatic rings. The Kier molecular flexibility index (Phi) is 13.6. The van der Waals surface area contributed by atoms with Gasteiger partial charge in [0, 0.05) is 17.5 Å². The number of pyridine rings is 1. The van der Waals surface area contributed by atoms with Crippen molar-refractivity contribution < 1.29 is 47.8 Å². The van der Waals surface area contributed by atoms with E-state index < -0.39 is 58.6 Å². The van der Waals surface area contributed by atoms with Crippen LogP contribution in [0.4, 0.5) is 9.59 Å². The van der Waals surface area contributed by atoms with Crippen LogP contribution in [0, 0.1) is 0 Å². The van der Waals surface area contributed by atoms with Gasteiger partial charge in [-0.2, -0.15) is 0 Å². The SMILES string of the molecule is CC(C)(C)OC(=O)N[C@@H](CCc1c[n+](Cc2ccccc2)cc([O-])c1C[C@H](NC(=O)OC(C)(C)C)C(=O)OC(C)(C)C)C(=O)OC(C)(C)C. The minimum absolute atomic E-state index is 0.0343. The second-order valence-electron chi connectivity index (χ2n) is 16.0. The van der Waals surface area contributed by atoms with E-state index in [1.807, 2.05) is 30.3 Å². The fraction of sp³-hybridized carbons (Fsp3) is 0.595. The molecule has 2 atom stereocenters. The number of ether oxygens (including phenoxy) is 4. The Hall–Kier alpha value is -4.35. The molecular formula is C37H55N3O9. The molecule has 0 radical (unpaired) electrons. The molecule has 12 nitrogen and oxygen atoms in total. The molecule has 12 heteroatoms. The number of aromatic nitrogens is 1. The van der Waals surface area contributed by atoms with Crippen molar-refractivity contribution >= 4 is 24.1 Å². The van der Waals surface area contributed by atoms with E-state index in [4.69, 9.17) is 18.9 Å². The summed E-state index contributed by atoms with van der Waals surface area (Å²) in [5.74, 6) is -1.81. The molecule has 0 saturated carbocycles. The molecule has 0 fully saturated rings. The lowest BCUT2D eigenvalue weighted by Gasteiger charge is -2.28. The summed E-state index contributed by atoms with van der Waals surface area (Å²) in [6, 6.07) is 7.14. The highest BCUT2D eigenvalue weighted by atomic mass is 16.6. The summed E-state index contributed by atoms with van der Waals surface area (Å²) in [6.07, 6.45) is 1.48. The van der Waals surface area contributed by atoms with E-state index in [1.165, 1.54) is 6.20 Å². The molecule has 0 aliphatic heterocycles. The zero-order valence-electron chi connectivity index (χ0n) is 31.1. The van der Waals surface area contributed by atoms with Gasteiger partial charge in [0.1, 0.15) is 34.5 Å². The molecule has 1 aromatic carbocycles. The Morgan fingerprint density at radius 2 is 1.12 bits per heavy atom. The van der Waals surface area contributed by atoms with Crippen LogP contribution in [-0.2, 0) is 47.9 Å². The number of nitrogens with zero attached hydrogens (tertiary/aromatic N) is 1. The monoisotopic (exact) mass is 685 g/mol. The van der Waals surface area contributed by atoms with Gasteiger partial charge in [-0.3, -0.25) is 0 Å². The number of rotatable bonds is 11. The normalized spacial score (nSPS) is 13.5. The van der Waals surface area contributed by atoms with Gasteiger partial charge in [-0.1, -0.05) is 30.3 Å². The third-order valence-electron chi connectivity index (χ3n) is 6.37. The van der Waals surface area contributed by atoms with Gasteiger partial charge in [0.2, 0.25) is 0 Å². The second-order valence-corrected chi connectivity index (χ2v) is 16.0. The van der Waals surface area contributed by atoms with Gasteiger partial charge in [-0.05, 0) is 107 Å². The van der Waals surface area contributed by atoms with Crippen LogP contribution in [0.2, 0.25) is 0 Å². The Morgan fingerprint density at radius 1 is 0.673 bits per heavy atom. The van der Waals surface area contributed by atoms with Gasteiger partial charge in [0.05, 0.1) is 0 Å². The zero-order chi connectivity index (χ0) is 37.4. The third-order valence-corrected chi connectivity index (χ3v) is 6.37. The molecule has 0 spiro atoms. The summed E-state index contributed by atoms with van der Waals surface area (Å²) in [4.78, 5) is 52.3. The van der Waals surface area contributed by atoms with E-state index >= 15 is 0 Å². The van der Waals surface area contributed by atoms with Crippen molar-refractivity contribution in [2.24, 2.45) is 0 Å². The zero-order valence-corrected chi connectivity index (χ0v) is 31.1. The van der Waals surface area contributed by atoms with Crippen LogP contribution in [0.3, 0.4) is 0 Å². The molecule has 2 rings (SSSR count). The van der Waals surface area contributed by atoms with Crippen molar-refractivity contribution in [1.82, 2.24) is 10.6 Å². The molecule has 1 aromatic heterocycles. The molecule has 272 valence electrons. The number of carbonyl (C=O) groups excluding carboxylic acids is 4. The van der Waals surface area contributed by atoms with Crippen molar-refractivity contribution in [1.29, 1.82) is 0 Å². The van der Waals surface area contributed by atoms with Crippen LogP contribution in [0.25, 0.3) is 0 Å². The van der Waals surface area contributed by atoms with Crippen molar-refractivity contribution in [2.75, 3.05) is 0 Å². The van der Waals surface area contributed by atoms with Gasteiger partial charge in [0.15, 0.2) is 18.9 Å². The van der Waals surface area contributed by atoms with E-state index in [2.05, 4.69) is 10.6 Å². The Morgan fingerprint density at radius 3 is 1.59 bits per heavy atom. The summed E-state index contributed by atoms with van der Waals surface area (Å²) in [5.41, 5.74) is -1.69. The van der Waals surface area contributed by atoms with Crippen molar-refractivity contribution in [3.8, 4) is 5.75 Å². The number of esters is 2. The van der Waals surface area contributed by atoms with E-state index in [0.717, 1.165) is 5.56 Å². The summed E-state index contributed by atoms with van der Waals surface area (Å²) in [6.45, 7) is 20.8. The van der Waals surface area contributed by atoms with Crippen molar-refractivity contribution in [3.05, 3.63) is 59.4 Å². The lowest BCUT2D eigenvalue weighted by Crippen LogP contribution is -2.48. The average molecular weight is 686 g/mol. The maximum atomic E-state index is 13.8. The topological polar surface area (TPSA) is 156 Å². The molecule has 2 aromatic rings. The highest BCUT2D eigenvalue weighted by molar-refractivity contribution is 5.83. The Balaban J connectivity index is 2.58. The Bertz CT molecular complexity index is 1450. The molecule has 1 heterocycles. The smallest absolute Gasteiger partial charge is 0.408 e. The summed E-state index contributed by atoms with van der Waals surface area (Å²) < 4.78 is 23.7. The minimum Gasteiger partial charge on any atom is -0.868 e. The van der Waals surface area contributed by atoms with Gasteiger partial charge in [0.25, 0.3) is 0 Å². The molecule has 0 bridgehead atoms. The maximum absolute atomic E-state index is 13.8. The number of hydrogen-bond donors (Lipinski definition) is 2. The van der Waals surface area contributed by atoms with E-state index in [1.54, 1.807) is 93.8 Å². The standard InChI is InChI=1S/C37H55N3O9/c1-34(2,3)46-30(42)27(38-32(44)48-36(7,8)9)19-18-25-22-40(21-24-16-14-13-15-17-24)23-29(41)26(25)20-28(31(43)47-35(4,5)6)39-33(45)49-37(10,11)12/h13-17,22-23,27-28H,18-21H2,1-12H3,(H2-,38,39,41,44,45)/t27-,28-/m0/s1. The largest absolute Gasteiger partial charge is 0.868 e. The summed E-state index contributed by atoms with van der Waals surface area (Å²) in [7, 11) is 0. The third kappa shape index (κ3) is 16.1. The molecule has 49 heavy (non-hydrogen) atoms. The number of nitrogens with one attached hydrogen (secondary N) is 2. The second kappa shape index (κ2) is 16.4. The number of hydrogen-bond acceptors (Lipinski definition) is 9. The number of alkyl carbamates (subject to hydrolysis) is 2. The van der Waals surface area contributed by atoms with E-state index in [9.17, 15) is 24.3 Å². The van der Waals surface area contributed by atoms with Crippen molar-refractivity contribution in [2.45, 2.75) is 143 Å². The molecule has 2 N–H and O–H groups in total. The number of carbonyl (C=O) groups is 4. The fourth-order valence-electron chi connectivity index (χ4n) is 4.63. The fourth-order valence-corrected chi connectivity index (χ4v) is 4.63. The molecule has 0 unspecified atom stereocenters. The number of amides is 2. The minimum atomic E-state index is -1.27. The van der Waals surface area contributed by atoms with Crippen LogP contribution < -0.4 is 20.3 Å². The van der Waals surface area contributed by atoms with Gasteiger partial charge < -0.3 is 34.7 Å². The first kappa shape index (κ1) is 40.8. The average Bonchev–Trinajstić information content (AvgIpc) is 2.88. The first-order valence-electron chi connectivity index (χ1n) is 16.5. The van der Waals surface area contributed by atoms with Crippen molar-refractivity contribution in [3.63, 3.8) is 0 Å². The number of aryl methyl sites for hydroxylation is 1. The highest BCUT2D eigenvalue weighted by Gasteiger charge is 2.32. The van der Waals surface area contributed by atoms with Gasteiger partial charge in [-0.25, -0.2) is 23.7 Å². The lowest BCUT2D eigenvalue weighted by molar-refractivity contribution is -0.691. The lowest BCUT2D eigenvalue weighted by atomic mass is 9.96. The predicted molar refractivity (Wildman–Crippen MR) is 182 cm³/mol. The van der Waals surface area contributed by atoms with Gasteiger partial charge >= 0.3 is 24.1 Å². The molecular weight excluding hydrogens is 630 g/mol. The number of benzene rings is 1. The quantitative estimate of drug-likeness (QED) is 0.188.